The van der Waals surface area contributed by atoms with E-state index in [1.807, 2.05) is 29.0 Å². The summed E-state index contributed by atoms with van der Waals surface area (Å²) in [6.07, 6.45) is 3.11. The van der Waals surface area contributed by atoms with E-state index in [0.29, 0.717) is 4.24 Å². The van der Waals surface area contributed by atoms with E-state index in [0.717, 1.165) is 25.1 Å². The smallest absolute Gasteiger partial charge is 0.181 e. The van der Waals surface area contributed by atoms with Gasteiger partial charge in [0, 0.05) is 26.5 Å². The van der Waals surface area contributed by atoms with Crippen LogP contribution >= 0.6 is 70.5 Å². The summed E-state index contributed by atoms with van der Waals surface area (Å²) in [6, 6.07) is 8.22. The molecule has 2 nitrogen and oxygen atoms in total. The molecule has 0 fully saturated rings. The second-order valence-corrected chi connectivity index (χ2v) is 20.5. The van der Waals surface area contributed by atoms with Crippen LogP contribution in [0.25, 0.3) is 25.6 Å². The molecule has 1 aliphatic rings. The lowest BCUT2D eigenvalue weighted by Crippen LogP contribution is -2.00. The maximum atomic E-state index is 12.3. The lowest BCUT2D eigenvalue weighted by Gasteiger charge is -2.24. The predicted octanol–water partition coefficient (Wildman–Crippen LogP) is 7.35. The van der Waals surface area contributed by atoms with Gasteiger partial charge in [0.25, 0.3) is 0 Å². The standard InChI is InChI=1S/C15H10Br2O2S5/c1-23(18,19)12-8-9-13(10-4-2-6-20-10)22-14(11-5-3-7-21-11)15(9)24(12,16)17/h2-8H,1H3. The molecule has 0 radical (unpaired) electrons. The van der Waals surface area contributed by atoms with Crippen molar-refractivity contribution in [2.24, 2.45) is 0 Å². The number of sulfone groups is 1. The molecule has 0 atom stereocenters. The molecule has 4 heterocycles. The molecule has 126 valence electrons. The van der Waals surface area contributed by atoms with Gasteiger partial charge in [0.15, 0.2) is 9.84 Å². The van der Waals surface area contributed by atoms with Crippen molar-refractivity contribution in [3.63, 3.8) is 0 Å². The van der Waals surface area contributed by atoms with Crippen LogP contribution in [0.4, 0.5) is 0 Å². The molecule has 0 N–H and O–H groups in total. The summed E-state index contributed by atoms with van der Waals surface area (Å²) >= 11 is 12.5. The third kappa shape index (κ3) is 2.72. The molecule has 0 aliphatic carbocycles. The highest BCUT2D eigenvalue weighted by Gasteiger charge is 2.43. The van der Waals surface area contributed by atoms with Gasteiger partial charge in [0.05, 0.1) is 9.75 Å². The Morgan fingerprint density at radius 2 is 1.58 bits per heavy atom. The van der Waals surface area contributed by atoms with Crippen molar-refractivity contribution in [1.82, 2.24) is 0 Å². The van der Waals surface area contributed by atoms with Crippen LogP contribution < -0.4 is 0 Å². The Kier molecular flexibility index (Phi) is 4.43. The van der Waals surface area contributed by atoms with Crippen molar-refractivity contribution in [3.8, 4) is 19.5 Å². The Morgan fingerprint density at radius 3 is 2.08 bits per heavy atom. The predicted molar refractivity (Wildman–Crippen MR) is 117 cm³/mol. The number of thiophene rings is 3. The van der Waals surface area contributed by atoms with Crippen molar-refractivity contribution >= 4 is 86.4 Å². The third-order valence-corrected chi connectivity index (χ3v) is 16.3. The second-order valence-electron chi connectivity index (χ2n) is 5.16. The van der Waals surface area contributed by atoms with Gasteiger partial charge in [-0.1, -0.05) is 19.0 Å². The van der Waals surface area contributed by atoms with E-state index in [4.69, 9.17) is 0 Å². The molecule has 0 aromatic carbocycles. The summed E-state index contributed by atoms with van der Waals surface area (Å²) < 4.78 is 25.1. The molecule has 0 amide bonds. The number of fused-ring (bicyclic) bond motifs is 1. The van der Waals surface area contributed by atoms with E-state index in [1.54, 1.807) is 34.0 Å². The number of rotatable bonds is 3. The molecular formula is C15H10Br2O2S5. The molecule has 0 saturated heterocycles. The van der Waals surface area contributed by atoms with Crippen LogP contribution in [0, 0.1) is 0 Å². The van der Waals surface area contributed by atoms with Crippen molar-refractivity contribution < 1.29 is 8.42 Å². The first-order valence-corrected chi connectivity index (χ1v) is 16.5. The molecule has 3 aromatic heterocycles. The van der Waals surface area contributed by atoms with Crippen molar-refractivity contribution in [2.75, 3.05) is 6.26 Å². The van der Waals surface area contributed by atoms with Crippen molar-refractivity contribution in [1.29, 1.82) is 0 Å². The van der Waals surface area contributed by atoms with E-state index in [2.05, 4.69) is 41.8 Å². The summed E-state index contributed by atoms with van der Waals surface area (Å²) in [6.45, 7) is -1.91. The van der Waals surface area contributed by atoms with Gasteiger partial charge in [-0.2, -0.15) is 0 Å². The molecule has 0 bridgehead atoms. The van der Waals surface area contributed by atoms with E-state index >= 15 is 0 Å². The lowest BCUT2D eigenvalue weighted by molar-refractivity contribution is 0.609. The highest BCUT2D eigenvalue weighted by molar-refractivity contribution is 9.92. The molecule has 9 heteroatoms. The van der Waals surface area contributed by atoms with Crippen LogP contribution in [0.15, 0.2) is 44.2 Å². The number of halogens is 2. The Bertz CT molecular complexity index is 1040. The Hall–Kier alpha value is 0.100. The molecule has 0 unspecified atom stereocenters. The number of hydrogen-bond donors (Lipinski definition) is 0. The SMILES string of the molecule is CS(=O)(=O)C1=Cc2c(-c3cccs3)sc(-c3cccs3)c2S1(Br)Br. The highest BCUT2D eigenvalue weighted by atomic mass is 79.9. The molecule has 0 saturated carbocycles. The van der Waals surface area contributed by atoms with Gasteiger partial charge < -0.3 is 0 Å². The zero-order chi connectivity index (χ0) is 17.1. The first-order chi connectivity index (χ1) is 11.3. The first-order valence-electron chi connectivity index (χ1n) is 6.69. The van der Waals surface area contributed by atoms with Crippen LogP contribution in [-0.4, -0.2) is 14.7 Å². The minimum Gasteiger partial charge on any atom is -0.223 e. The Balaban J connectivity index is 2.05. The lowest BCUT2D eigenvalue weighted by atomic mass is 10.2. The summed E-state index contributed by atoms with van der Waals surface area (Å²) in [5, 5.41) is 4.09. The van der Waals surface area contributed by atoms with Gasteiger partial charge in [-0.25, -0.2) is 8.42 Å². The van der Waals surface area contributed by atoms with Crippen LogP contribution in [0.3, 0.4) is 0 Å². The Morgan fingerprint density at radius 1 is 1.00 bits per heavy atom. The van der Waals surface area contributed by atoms with Gasteiger partial charge >= 0.3 is 0 Å². The van der Waals surface area contributed by atoms with E-state index in [-0.39, 0.29) is 0 Å². The fraction of sp³-hybridized carbons (Fsp3) is 0.0667. The van der Waals surface area contributed by atoms with Crippen LogP contribution in [0.5, 0.6) is 0 Å². The van der Waals surface area contributed by atoms with Crippen LogP contribution in [-0.2, 0) is 9.84 Å². The second kappa shape index (κ2) is 6.07. The average molecular weight is 542 g/mol. The van der Waals surface area contributed by atoms with Crippen LogP contribution in [0.2, 0.25) is 0 Å². The van der Waals surface area contributed by atoms with Crippen molar-refractivity contribution in [3.05, 3.63) is 44.8 Å². The van der Waals surface area contributed by atoms with Gasteiger partial charge in [0.2, 0.25) is 0 Å². The maximum absolute atomic E-state index is 12.3. The van der Waals surface area contributed by atoms with E-state index < -0.39 is 16.7 Å². The first kappa shape index (κ1) is 17.5. The van der Waals surface area contributed by atoms with Crippen molar-refractivity contribution in [2.45, 2.75) is 4.90 Å². The Labute approximate surface area is 168 Å². The highest BCUT2D eigenvalue weighted by Crippen LogP contribution is 2.82. The maximum Gasteiger partial charge on any atom is 0.181 e. The molecule has 24 heavy (non-hydrogen) atoms. The molecule has 1 aliphatic heterocycles. The normalized spacial score (nSPS) is 17.5. The quantitative estimate of drug-likeness (QED) is 0.347. The zero-order valence-corrected chi connectivity index (χ0v) is 19.4. The van der Waals surface area contributed by atoms with Crippen LogP contribution in [0.1, 0.15) is 5.56 Å². The third-order valence-electron chi connectivity index (χ3n) is 3.53. The monoisotopic (exact) mass is 540 g/mol. The minimum atomic E-state index is -3.30. The van der Waals surface area contributed by atoms with Gasteiger partial charge in [-0.15, -0.1) is 34.0 Å². The van der Waals surface area contributed by atoms with Gasteiger partial charge in [-0.3, -0.25) is 0 Å². The fourth-order valence-electron chi connectivity index (χ4n) is 2.56. The minimum absolute atomic E-state index is 0.434. The summed E-state index contributed by atoms with van der Waals surface area (Å²) in [5.74, 6) is 0. The number of hydrogen-bond acceptors (Lipinski definition) is 5. The van der Waals surface area contributed by atoms with Gasteiger partial charge in [0.1, 0.15) is 4.24 Å². The van der Waals surface area contributed by atoms with E-state index in [9.17, 15) is 8.42 Å². The molecular weight excluding hydrogens is 532 g/mol. The summed E-state index contributed by atoms with van der Waals surface area (Å²) in [5.41, 5.74) is 1.02. The van der Waals surface area contributed by atoms with Gasteiger partial charge in [-0.05, 0) is 58.6 Å². The average Bonchev–Trinajstić information content (AvgIpc) is 3.21. The molecule has 0 spiro atoms. The summed E-state index contributed by atoms with van der Waals surface area (Å²) in [7, 11) is -3.30. The molecule has 4 rings (SSSR count). The summed E-state index contributed by atoms with van der Waals surface area (Å²) in [4.78, 5) is 5.68. The fourth-order valence-corrected chi connectivity index (χ4v) is 17.0. The largest absolute Gasteiger partial charge is 0.223 e. The zero-order valence-electron chi connectivity index (χ0n) is 12.2. The van der Waals surface area contributed by atoms with E-state index in [1.165, 1.54) is 11.1 Å². The molecule has 3 aromatic rings. The topological polar surface area (TPSA) is 34.1 Å².